The average molecular weight is 811 g/mol. The zero-order valence-corrected chi connectivity index (χ0v) is 35.2. The molecular weight excluding hydrogens is 749 g/mol. The molecule has 0 radical (unpaired) electrons. The molecule has 3 N–H and O–H groups in total. The maximum absolute atomic E-state index is 13.4. The number of para-hydroxylation sites is 1. The summed E-state index contributed by atoms with van der Waals surface area (Å²) in [6.07, 6.45) is 14.8. The minimum atomic E-state index is -0.540. The number of anilines is 2. The van der Waals surface area contributed by atoms with Crippen LogP contribution in [0.25, 0.3) is 0 Å². The predicted octanol–water partition coefficient (Wildman–Crippen LogP) is 8.88. The van der Waals surface area contributed by atoms with Crippen LogP contribution in [0.5, 0.6) is 0 Å². The number of nitrogens with one attached hydrogen (secondary N) is 3. The highest BCUT2D eigenvalue weighted by Gasteiger charge is 2.31. The molecule has 4 rings (SSSR count). The van der Waals surface area contributed by atoms with Gasteiger partial charge in [-0.1, -0.05) is 80.4 Å². The fourth-order valence-electron chi connectivity index (χ4n) is 7.17. The largest absolute Gasteiger partial charge is 0.462 e. The molecule has 3 aromatic heterocycles. The Balaban J connectivity index is 1.17. The van der Waals surface area contributed by atoms with Gasteiger partial charge in [-0.3, -0.25) is 24.2 Å². The van der Waals surface area contributed by atoms with Crippen LogP contribution in [0.4, 0.5) is 11.5 Å². The molecule has 3 unspecified atom stereocenters. The molecule has 0 aliphatic carbocycles. The number of benzene rings is 1. The lowest BCUT2D eigenvalue weighted by Crippen LogP contribution is -2.26. The van der Waals surface area contributed by atoms with Gasteiger partial charge in [-0.2, -0.15) is 0 Å². The second kappa shape index (κ2) is 25.7. The van der Waals surface area contributed by atoms with Crippen molar-refractivity contribution in [1.29, 1.82) is 0 Å². The molecular formula is C46H62N6O7. The number of aromatic nitrogens is 3. The molecule has 318 valence electrons. The summed E-state index contributed by atoms with van der Waals surface area (Å²) in [4.78, 5) is 57.3. The average Bonchev–Trinajstić information content (AvgIpc) is 3.54. The van der Waals surface area contributed by atoms with Crippen molar-refractivity contribution in [3.05, 3.63) is 101 Å². The number of unbranched alkanes of at least 4 members (excludes halogenated alkanes) is 8. The summed E-state index contributed by atoms with van der Waals surface area (Å²) >= 11 is 0. The van der Waals surface area contributed by atoms with Crippen molar-refractivity contribution in [2.45, 2.75) is 136 Å². The van der Waals surface area contributed by atoms with Crippen molar-refractivity contribution in [3.63, 3.8) is 0 Å². The Kier molecular flexibility index (Phi) is 20.1. The number of amides is 2. The molecule has 1 aromatic carbocycles. The van der Waals surface area contributed by atoms with E-state index in [2.05, 4.69) is 32.2 Å². The van der Waals surface area contributed by atoms with Crippen LogP contribution >= 0.6 is 0 Å². The van der Waals surface area contributed by atoms with Crippen molar-refractivity contribution < 1.29 is 33.2 Å². The summed E-state index contributed by atoms with van der Waals surface area (Å²) in [7, 11) is 0. The van der Waals surface area contributed by atoms with Crippen molar-refractivity contribution >= 4 is 35.3 Å². The molecule has 13 nitrogen and oxygen atoms in total. The summed E-state index contributed by atoms with van der Waals surface area (Å²) in [6, 6.07) is 19.4. The highest BCUT2D eigenvalue weighted by molar-refractivity contribution is 5.91. The molecule has 3 atom stereocenters. The van der Waals surface area contributed by atoms with Gasteiger partial charge in [-0.05, 0) is 81.8 Å². The van der Waals surface area contributed by atoms with E-state index in [1.54, 1.807) is 12.4 Å². The molecule has 0 aliphatic rings. The van der Waals surface area contributed by atoms with E-state index in [4.69, 9.17) is 19.0 Å². The lowest BCUT2D eigenvalue weighted by molar-refractivity contribution is -0.156. The Morgan fingerprint density at radius 2 is 1.39 bits per heavy atom. The third-order valence-corrected chi connectivity index (χ3v) is 10.3. The van der Waals surface area contributed by atoms with Crippen LogP contribution in [0.3, 0.4) is 0 Å². The van der Waals surface area contributed by atoms with Gasteiger partial charge in [0.2, 0.25) is 11.8 Å². The molecule has 0 aliphatic heterocycles. The summed E-state index contributed by atoms with van der Waals surface area (Å²) in [5.74, 6) is 0.436. The van der Waals surface area contributed by atoms with Crippen molar-refractivity contribution in [3.8, 4) is 0 Å². The highest BCUT2D eigenvalue weighted by atomic mass is 16.6. The van der Waals surface area contributed by atoms with Crippen LogP contribution in [0.1, 0.15) is 138 Å². The van der Waals surface area contributed by atoms with Crippen LogP contribution < -0.4 is 16.0 Å². The van der Waals surface area contributed by atoms with Crippen molar-refractivity contribution in [2.24, 2.45) is 0 Å². The maximum Gasteiger partial charge on any atom is 0.303 e. The Hall–Kier alpha value is -5.59. The number of hydrogen-bond donors (Lipinski definition) is 3. The smallest absolute Gasteiger partial charge is 0.303 e. The van der Waals surface area contributed by atoms with Gasteiger partial charge in [0.15, 0.2) is 0 Å². The fraction of sp³-hybridized carbons (Fsp3) is 0.500. The van der Waals surface area contributed by atoms with Crippen LogP contribution in [0.15, 0.2) is 77.6 Å². The topological polar surface area (TPSA) is 175 Å². The first-order valence-corrected chi connectivity index (χ1v) is 21.1. The van der Waals surface area contributed by atoms with Gasteiger partial charge in [0, 0.05) is 68.5 Å². The van der Waals surface area contributed by atoms with Crippen LogP contribution in [0, 0.1) is 13.8 Å². The van der Waals surface area contributed by atoms with Gasteiger partial charge in [0.25, 0.3) is 0 Å². The lowest BCUT2D eigenvalue weighted by Gasteiger charge is -2.30. The number of ether oxygens (including phenoxy) is 2. The molecule has 0 fully saturated rings. The summed E-state index contributed by atoms with van der Waals surface area (Å²) in [5.41, 5.74) is 4.49. The number of rotatable bonds is 27. The first kappa shape index (κ1) is 46.1. The van der Waals surface area contributed by atoms with E-state index in [-0.39, 0.29) is 30.4 Å². The summed E-state index contributed by atoms with van der Waals surface area (Å²) in [6.45, 7) is 7.14. The second-order valence-electron chi connectivity index (χ2n) is 15.0. The van der Waals surface area contributed by atoms with Crippen LogP contribution in [0.2, 0.25) is 0 Å². The Labute approximate surface area is 348 Å². The zero-order chi connectivity index (χ0) is 42.2. The quantitative estimate of drug-likeness (QED) is 0.0388. The molecule has 4 aromatic rings. The first-order valence-electron chi connectivity index (χ1n) is 21.1. The molecule has 59 heavy (non-hydrogen) atoms. The van der Waals surface area contributed by atoms with E-state index in [0.717, 1.165) is 97.6 Å². The lowest BCUT2D eigenvalue weighted by atomic mass is 9.83. The van der Waals surface area contributed by atoms with E-state index in [0.29, 0.717) is 38.6 Å². The van der Waals surface area contributed by atoms with E-state index in [9.17, 15) is 19.2 Å². The Bertz CT molecular complexity index is 1850. The minimum absolute atomic E-state index is 0.00104. The summed E-state index contributed by atoms with van der Waals surface area (Å²) < 4.78 is 15.7. The number of carbonyl (C=O) groups is 4. The monoisotopic (exact) mass is 810 g/mol. The van der Waals surface area contributed by atoms with Gasteiger partial charge in [0.05, 0.1) is 11.7 Å². The molecule has 0 bridgehead atoms. The van der Waals surface area contributed by atoms with Gasteiger partial charge in [-0.25, -0.2) is 4.98 Å². The molecule has 13 heteroatoms. The number of nitrogens with zero attached hydrogens (tertiary/aromatic N) is 3. The van der Waals surface area contributed by atoms with E-state index < -0.39 is 18.0 Å². The Morgan fingerprint density at radius 3 is 2.03 bits per heavy atom. The highest BCUT2D eigenvalue weighted by Crippen LogP contribution is 2.39. The van der Waals surface area contributed by atoms with E-state index in [1.807, 2.05) is 68.4 Å². The molecule has 2 amide bonds. The number of hydrogen-bond acceptors (Lipinski definition) is 11. The van der Waals surface area contributed by atoms with Gasteiger partial charge in [-0.15, -0.1) is 0 Å². The molecule has 0 saturated carbocycles. The SMILES string of the molecule is CC(=O)OCC(CCCC(=O)NCCCCCCCCCCCC(=O)Nc1ccccc1C(Nc1ccccn1)C(Cc1c(C)noc1C)c1ccccn1)OC(C)=O. The third-order valence-electron chi connectivity index (χ3n) is 10.3. The normalized spacial score (nSPS) is 12.5. The zero-order valence-electron chi connectivity index (χ0n) is 35.2. The Morgan fingerprint density at radius 1 is 0.729 bits per heavy atom. The van der Waals surface area contributed by atoms with Crippen molar-refractivity contribution in [1.82, 2.24) is 20.4 Å². The standard InChI is InChI=1S/C46H62N6O7/c1-33-39(34(2)59-52-33)31-40(41-23-15-18-28-47-41)46(51-43-25-16-19-29-48-43)38-22-13-14-24-42(38)50-45(56)26-12-10-8-6-5-7-9-11-17-30-49-44(55)27-20-21-37(58-36(4)54)32-57-35(3)53/h13-16,18-19,22-25,28-29,37,40,46H,5-12,17,20-21,26-27,30-32H2,1-4H3,(H,48,51)(H,49,55)(H,50,56). The van der Waals surface area contributed by atoms with Gasteiger partial charge in [0.1, 0.15) is 24.3 Å². The molecule has 3 heterocycles. The number of aryl methyl sites for hydroxylation is 2. The summed E-state index contributed by atoms with van der Waals surface area (Å²) in [5, 5.41) is 14.1. The van der Waals surface area contributed by atoms with Crippen molar-refractivity contribution in [2.75, 3.05) is 23.8 Å². The fourth-order valence-corrected chi connectivity index (χ4v) is 7.17. The van der Waals surface area contributed by atoms with Gasteiger partial charge < -0.3 is 29.9 Å². The predicted molar refractivity (Wildman–Crippen MR) is 228 cm³/mol. The first-order chi connectivity index (χ1) is 28.6. The molecule has 0 saturated heterocycles. The van der Waals surface area contributed by atoms with E-state index in [1.165, 1.54) is 13.8 Å². The maximum atomic E-state index is 13.4. The second-order valence-corrected chi connectivity index (χ2v) is 15.0. The minimum Gasteiger partial charge on any atom is -0.462 e. The van der Waals surface area contributed by atoms with E-state index >= 15 is 0 Å². The number of pyridine rings is 2. The van der Waals surface area contributed by atoms with Crippen LogP contribution in [-0.2, 0) is 35.1 Å². The number of carbonyl (C=O) groups excluding carboxylic acids is 4. The third kappa shape index (κ3) is 17.0. The van der Waals surface area contributed by atoms with Crippen LogP contribution in [-0.4, -0.2) is 58.1 Å². The molecule has 0 spiro atoms. The number of esters is 2. The van der Waals surface area contributed by atoms with Gasteiger partial charge >= 0.3 is 11.9 Å².